The van der Waals surface area contributed by atoms with Crippen molar-refractivity contribution in [2.75, 3.05) is 33.9 Å². The maximum absolute atomic E-state index is 12.5. The van der Waals surface area contributed by atoms with Gasteiger partial charge in [0, 0.05) is 31.2 Å². The van der Waals surface area contributed by atoms with Crippen LogP contribution in [-0.4, -0.2) is 49.6 Å². The average Bonchev–Trinajstić information content (AvgIpc) is 3.45. The van der Waals surface area contributed by atoms with Gasteiger partial charge >= 0.3 is 0 Å². The minimum absolute atomic E-state index is 0.165. The summed E-state index contributed by atoms with van der Waals surface area (Å²) >= 11 is 0. The Bertz CT molecular complexity index is 844. The lowest BCUT2D eigenvalue weighted by Gasteiger charge is -2.25. The number of carbonyl (C=O) groups is 1. The summed E-state index contributed by atoms with van der Waals surface area (Å²) in [5, 5.41) is 0. The highest BCUT2D eigenvalue weighted by Crippen LogP contribution is 2.37. The lowest BCUT2D eigenvalue weighted by atomic mass is 10.0. The van der Waals surface area contributed by atoms with Crippen molar-refractivity contribution in [1.29, 1.82) is 0 Å². The van der Waals surface area contributed by atoms with E-state index >= 15 is 0 Å². The third-order valence-corrected chi connectivity index (χ3v) is 6.14. The summed E-state index contributed by atoms with van der Waals surface area (Å²) in [6.45, 7) is 3.74. The molecule has 1 atom stereocenters. The van der Waals surface area contributed by atoms with Gasteiger partial charge in [-0.25, -0.2) is 0 Å². The first-order valence-corrected chi connectivity index (χ1v) is 10.5. The number of carbonyl (C=O) groups excluding carboxylic acids is 1. The molecular formula is C24H30N2O3. The summed E-state index contributed by atoms with van der Waals surface area (Å²) in [7, 11) is 3.34. The normalized spacial score (nSPS) is 19.5. The first kappa shape index (κ1) is 19.8. The fourth-order valence-electron chi connectivity index (χ4n) is 4.54. The zero-order valence-corrected chi connectivity index (χ0v) is 17.4. The largest absolute Gasteiger partial charge is 0.493 e. The monoisotopic (exact) mass is 394 g/mol. The predicted octanol–water partition coefficient (Wildman–Crippen LogP) is 4.28. The van der Waals surface area contributed by atoms with Crippen molar-refractivity contribution in [3.05, 3.63) is 59.2 Å². The van der Waals surface area contributed by atoms with E-state index in [9.17, 15) is 4.79 Å². The average molecular weight is 395 g/mol. The molecule has 0 radical (unpaired) electrons. The molecule has 4 rings (SSSR count). The third-order valence-electron chi connectivity index (χ3n) is 6.14. The molecular weight excluding hydrogens is 364 g/mol. The van der Waals surface area contributed by atoms with Crippen molar-refractivity contribution >= 4 is 5.91 Å². The van der Waals surface area contributed by atoms with Gasteiger partial charge in [0.25, 0.3) is 5.91 Å². The molecule has 0 spiro atoms. The lowest BCUT2D eigenvalue weighted by Crippen LogP contribution is -2.27. The molecule has 1 amide bonds. The van der Waals surface area contributed by atoms with E-state index in [1.54, 1.807) is 14.2 Å². The van der Waals surface area contributed by atoms with Crippen LogP contribution in [0.5, 0.6) is 11.5 Å². The number of benzene rings is 2. The minimum Gasteiger partial charge on any atom is -0.493 e. The summed E-state index contributed by atoms with van der Waals surface area (Å²) < 4.78 is 10.9. The van der Waals surface area contributed by atoms with Crippen LogP contribution in [0.4, 0.5) is 0 Å². The van der Waals surface area contributed by atoms with E-state index < -0.39 is 0 Å². The molecule has 0 aliphatic carbocycles. The molecule has 2 fully saturated rings. The highest BCUT2D eigenvalue weighted by atomic mass is 16.5. The van der Waals surface area contributed by atoms with Crippen LogP contribution in [0.1, 0.15) is 53.2 Å². The van der Waals surface area contributed by atoms with Crippen molar-refractivity contribution in [1.82, 2.24) is 9.80 Å². The van der Waals surface area contributed by atoms with Crippen LogP contribution in [0.3, 0.4) is 0 Å². The summed E-state index contributed by atoms with van der Waals surface area (Å²) in [5.41, 5.74) is 3.31. The van der Waals surface area contributed by atoms with Gasteiger partial charge in [0.2, 0.25) is 0 Å². The van der Waals surface area contributed by atoms with Gasteiger partial charge in [-0.15, -0.1) is 0 Å². The predicted molar refractivity (Wildman–Crippen MR) is 114 cm³/mol. The number of methoxy groups -OCH3 is 2. The number of ether oxygens (including phenoxy) is 2. The van der Waals surface area contributed by atoms with Crippen LogP contribution in [-0.2, 0) is 6.54 Å². The molecule has 29 heavy (non-hydrogen) atoms. The van der Waals surface area contributed by atoms with Gasteiger partial charge in [-0.05, 0) is 67.6 Å². The van der Waals surface area contributed by atoms with E-state index in [0.29, 0.717) is 6.04 Å². The minimum atomic E-state index is 0.165. The fourth-order valence-corrected chi connectivity index (χ4v) is 4.54. The van der Waals surface area contributed by atoms with Crippen LogP contribution < -0.4 is 9.47 Å². The number of rotatable bonds is 6. The third kappa shape index (κ3) is 4.25. The first-order chi connectivity index (χ1) is 14.2. The molecule has 2 aromatic carbocycles. The molecule has 2 aromatic rings. The van der Waals surface area contributed by atoms with Gasteiger partial charge in [0.05, 0.1) is 14.2 Å². The van der Waals surface area contributed by atoms with E-state index in [2.05, 4.69) is 29.2 Å². The maximum atomic E-state index is 12.5. The van der Waals surface area contributed by atoms with Crippen LogP contribution in [0.25, 0.3) is 0 Å². The highest BCUT2D eigenvalue weighted by Gasteiger charge is 2.27. The second-order valence-corrected chi connectivity index (χ2v) is 7.94. The second-order valence-electron chi connectivity index (χ2n) is 7.94. The molecule has 1 unspecified atom stereocenters. The summed E-state index contributed by atoms with van der Waals surface area (Å²) in [5.74, 6) is 1.71. The Kier molecular flexibility index (Phi) is 6.05. The molecule has 154 valence electrons. The van der Waals surface area contributed by atoms with Gasteiger partial charge in [-0.3, -0.25) is 9.69 Å². The second kappa shape index (κ2) is 8.87. The van der Waals surface area contributed by atoms with Gasteiger partial charge in [-0.2, -0.15) is 0 Å². The zero-order chi connectivity index (χ0) is 20.2. The number of likely N-dealkylation sites (tertiary alicyclic amines) is 2. The molecule has 2 aliphatic heterocycles. The van der Waals surface area contributed by atoms with Gasteiger partial charge in [0.15, 0.2) is 11.5 Å². The topological polar surface area (TPSA) is 42.0 Å². The molecule has 2 aliphatic rings. The van der Waals surface area contributed by atoms with E-state index in [0.717, 1.165) is 62.5 Å². The first-order valence-electron chi connectivity index (χ1n) is 10.5. The number of hydrogen-bond donors (Lipinski definition) is 0. The fraction of sp³-hybridized carbons (Fsp3) is 0.458. The Morgan fingerprint density at radius 3 is 2.34 bits per heavy atom. The molecule has 5 nitrogen and oxygen atoms in total. The van der Waals surface area contributed by atoms with E-state index in [4.69, 9.17) is 9.47 Å². The van der Waals surface area contributed by atoms with Crippen LogP contribution in [0, 0.1) is 0 Å². The van der Waals surface area contributed by atoms with Crippen molar-refractivity contribution in [3.63, 3.8) is 0 Å². The number of nitrogens with zero attached hydrogens (tertiary/aromatic N) is 2. The molecule has 0 saturated carbocycles. The van der Waals surface area contributed by atoms with Gasteiger partial charge < -0.3 is 14.4 Å². The maximum Gasteiger partial charge on any atom is 0.253 e. The van der Waals surface area contributed by atoms with Crippen molar-refractivity contribution < 1.29 is 14.3 Å². The Balaban J connectivity index is 1.45. The molecule has 2 saturated heterocycles. The molecule has 5 heteroatoms. The van der Waals surface area contributed by atoms with Crippen LogP contribution >= 0.6 is 0 Å². The number of amides is 1. The Labute approximate surface area is 173 Å². The molecule has 0 aromatic heterocycles. The number of hydrogen-bond acceptors (Lipinski definition) is 4. The van der Waals surface area contributed by atoms with E-state index in [1.807, 2.05) is 23.1 Å². The highest BCUT2D eigenvalue weighted by molar-refractivity contribution is 5.94. The Morgan fingerprint density at radius 2 is 1.66 bits per heavy atom. The van der Waals surface area contributed by atoms with Crippen molar-refractivity contribution in [3.8, 4) is 11.5 Å². The standard InChI is InChI=1S/C24H30N2O3/c1-28-22-12-11-20(16-23(22)29-2)21-6-5-15-26(21)17-18-7-9-19(10-8-18)24(27)25-13-3-4-14-25/h7-12,16,21H,3-6,13-15,17H2,1-2H3. The van der Waals surface area contributed by atoms with Gasteiger partial charge in [-0.1, -0.05) is 18.2 Å². The smallest absolute Gasteiger partial charge is 0.253 e. The lowest BCUT2D eigenvalue weighted by molar-refractivity contribution is 0.0793. The van der Waals surface area contributed by atoms with Crippen molar-refractivity contribution in [2.24, 2.45) is 0 Å². The van der Waals surface area contributed by atoms with Gasteiger partial charge in [0.1, 0.15) is 0 Å². The van der Waals surface area contributed by atoms with E-state index in [-0.39, 0.29) is 5.91 Å². The molecule has 2 heterocycles. The Hall–Kier alpha value is -2.53. The van der Waals surface area contributed by atoms with Crippen molar-refractivity contribution in [2.45, 2.75) is 38.3 Å². The zero-order valence-electron chi connectivity index (χ0n) is 17.4. The summed E-state index contributed by atoms with van der Waals surface area (Å²) in [6.07, 6.45) is 4.57. The van der Waals surface area contributed by atoms with Crippen LogP contribution in [0.2, 0.25) is 0 Å². The summed E-state index contributed by atoms with van der Waals surface area (Å²) in [4.78, 5) is 17.0. The quantitative estimate of drug-likeness (QED) is 0.734. The van der Waals surface area contributed by atoms with E-state index in [1.165, 1.54) is 17.5 Å². The SMILES string of the molecule is COc1ccc(C2CCCN2Cc2ccc(C(=O)N3CCCC3)cc2)cc1OC. The summed E-state index contributed by atoms with van der Waals surface area (Å²) in [6, 6.07) is 14.8. The molecule has 0 N–H and O–H groups in total. The Morgan fingerprint density at radius 1 is 0.931 bits per heavy atom. The molecule has 0 bridgehead atoms. The van der Waals surface area contributed by atoms with Crippen LogP contribution in [0.15, 0.2) is 42.5 Å².